The van der Waals surface area contributed by atoms with Gasteiger partial charge >= 0.3 is 0 Å². The number of rotatable bonds is 6. The number of pyridine rings is 1. The molecule has 0 aliphatic carbocycles. The highest BCUT2D eigenvalue weighted by Gasteiger charge is 2.25. The molecule has 25 heavy (non-hydrogen) atoms. The van der Waals surface area contributed by atoms with Crippen molar-refractivity contribution in [2.75, 3.05) is 44.7 Å². The molecule has 2 heterocycles. The first-order chi connectivity index (χ1) is 12.0. The van der Waals surface area contributed by atoms with E-state index in [0.29, 0.717) is 37.1 Å². The quantitative estimate of drug-likeness (QED) is 0.606. The van der Waals surface area contributed by atoms with Crippen molar-refractivity contribution in [3.05, 3.63) is 40.7 Å². The molecule has 0 radical (unpaired) electrons. The molecule has 1 aromatic carbocycles. The Bertz CT molecular complexity index is 759. The zero-order valence-electron chi connectivity index (χ0n) is 14.1. The van der Waals surface area contributed by atoms with E-state index < -0.39 is 10.5 Å². The van der Waals surface area contributed by atoms with Crippen LogP contribution in [0, 0.1) is 10.1 Å². The molecule has 0 bridgehead atoms. The highest BCUT2D eigenvalue weighted by atomic mass is 16.6. The van der Waals surface area contributed by atoms with Gasteiger partial charge in [-0.15, -0.1) is 0 Å². The summed E-state index contributed by atoms with van der Waals surface area (Å²) in [5.41, 5.74) is -0.169. The molecule has 1 saturated heterocycles. The number of aliphatic hydroxyl groups is 1. The average molecular weight is 346 g/mol. The van der Waals surface area contributed by atoms with E-state index in [-0.39, 0.29) is 5.69 Å². The maximum Gasteiger partial charge on any atom is 0.278 e. The molecular formula is C17H22N4O4. The van der Waals surface area contributed by atoms with E-state index in [1.54, 1.807) is 25.3 Å². The fourth-order valence-corrected chi connectivity index (χ4v) is 3.07. The lowest BCUT2D eigenvalue weighted by Gasteiger charge is -2.34. The first kappa shape index (κ1) is 17.5. The normalized spacial score (nSPS) is 18.0. The Morgan fingerprint density at radius 2 is 2.12 bits per heavy atom. The van der Waals surface area contributed by atoms with E-state index in [4.69, 9.17) is 4.74 Å². The number of anilines is 1. The molecule has 1 atom stereocenters. The van der Waals surface area contributed by atoms with Crippen molar-refractivity contribution in [3.8, 4) is 0 Å². The monoisotopic (exact) mass is 346 g/mol. The number of benzene rings is 1. The van der Waals surface area contributed by atoms with Gasteiger partial charge in [-0.3, -0.25) is 20.0 Å². The Hall–Kier alpha value is -2.29. The van der Waals surface area contributed by atoms with Crippen LogP contribution in [0.1, 0.15) is 6.92 Å². The van der Waals surface area contributed by atoms with Gasteiger partial charge in [0.05, 0.1) is 29.1 Å². The number of non-ortho nitro benzene ring substituents is 1. The van der Waals surface area contributed by atoms with Crippen LogP contribution in [-0.4, -0.2) is 64.9 Å². The van der Waals surface area contributed by atoms with E-state index >= 15 is 0 Å². The molecule has 0 saturated carbocycles. The molecule has 0 spiro atoms. The summed E-state index contributed by atoms with van der Waals surface area (Å²) >= 11 is 0. The van der Waals surface area contributed by atoms with Gasteiger partial charge in [0.25, 0.3) is 5.69 Å². The van der Waals surface area contributed by atoms with Gasteiger partial charge in [-0.2, -0.15) is 0 Å². The zero-order valence-corrected chi connectivity index (χ0v) is 14.1. The number of morpholine rings is 1. The van der Waals surface area contributed by atoms with Crippen molar-refractivity contribution in [1.82, 2.24) is 9.88 Å². The largest absolute Gasteiger partial charge is 0.387 e. The topological polar surface area (TPSA) is 101 Å². The van der Waals surface area contributed by atoms with Gasteiger partial charge in [-0.1, -0.05) is 0 Å². The summed E-state index contributed by atoms with van der Waals surface area (Å²) in [7, 11) is 0. The van der Waals surface area contributed by atoms with Crippen LogP contribution in [0.15, 0.2) is 30.6 Å². The molecule has 1 unspecified atom stereocenters. The fraction of sp³-hybridized carbons (Fsp3) is 0.471. The van der Waals surface area contributed by atoms with E-state index in [2.05, 4.69) is 15.2 Å². The SMILES string of the molecule is CC(O)(CNc1ccc([N+](=O)[O-])c2cnccc12)CN1CCOCC1. The Morgan fingerprint density at radius 1 is 1.36 bits per heavy atom. The molecule has 8 heteroatoms. The van der Waals surface area contributed by atoms with Gasteiger partial charge in [-0.05, 0) is 19.1 Å². The molecule has 134 valence electrons. The summed E-state index contributed by atoms with van der Waals surface area (Å²) in [5.74, 6) is 0. The molecule has 8 nitrogen and oxygen atoms in total. The van der Waals surface area contributed by atoms with Gasteiger partial charge in [0.15, 0.2) is 0 Å². The number of nitro groups is 1. The van der Waals surface area contributed by atoms with Gasteiger partial charge in [-0.25, -0.2) is 0 Å². The Kier molecular flexibility index (Phi) is 5.12. The van der Waals surface area contributed by atoms with E-state index in [0.717, 1.165) is 18.8 Å². The number of nitrogens with one attached hydrogen (secondary N) is 1. The Labute approximate surface area is 145 Å². The molecule has 1 aliphatic heterocycles. The van der Waals surface area contributed by atoms with Crippen LogP contribution in [0.3, 0.4) is 0 Å². The number of nitro benzene ring substituents is 1. The number of β-amino-alcohol motifs (C(OH)–C–C–N with tert-alkyl or cyclic N) is 1. The van der Waals surface area contributed by atoms with Gasteiger partial charge < -0.3 is 15.2 Å². The number of hydrogen-bond acceptors (Lipinski definition) is 7. The predicted molar refractivity (Wildman–Crippen MR) is 94.8 cm³/mol. The first-order valence-electron chi connectivity index (χ1n) is 8.24. The second-order valence-electron chi connectivity index (χ2n) is 6.55. The van der Waals surface area contributed by atoms with Crippen LogP contribution in [-0.2, 0) is 4.74 Å². The van der Waals surface area contributed by atoms with Crippen molar-refractivity contribution >= 4 is 22.1 Å². The number of ether oxygens (including phenoxy) is 1. The smallest absolute Gasteiger partial charge is 0.278 e. The van der Waals surface area contributed by atoms with Crippen LogP contribution in [0.2, 0.25) is 0 Å². The minimum absolute atomic E-state index is 0.0220. The first-order valence-corrected chi connectivity index (χ1v) is 8.24. The summed E-state index contributed by atoms with van der Waals surface area (Å²) in [5, 5.41) is 26.3. The van der Waals surface area contributed by atoms with Crippen molar-refractivity contribution in [2.45, 2.75) is 12.5 Å². The minimum atomic E-state index is -0.932. The minimum Gasteiger partial charge on any atom is -0.387 e. The summed E-state index contributed by atoms with van der Waals surface area (Å²) in [6, 6.07) is 4.87. The Balaban J connectivity index is 1.74. The molecule has 1 fully saturated rings. The summed E-state index contributed by atoms with van der Waals surface area (Å²) < 4.78 is 5.32. The van der Waals surface area contributed by atoms with E-state index in [1.807, 2.05) is 0 Å². The van der Waals surface area contributed by atoms with Gasteiger partial charge in [0.1, 0.15) is 0 Å². The van der Waals surface area contributed by atoms with Crippen molar-refractivity contribution < 1.29 is 14.8 Å². The number of fused-ring (bicyclic) bond motifs is 1. The lowest BCUT2D eigenvalue weighted by Crippen LogP contribution is -2.49. The maximum absolute atomic E-state index is 11.2. The number of nitrogens with zero attached hydrogens (tertiary/aromatic N) is 3. The van der Waals surface area contributed by atoms with Gasteiger partial charge in [0.2, 0.25) is 0 Å². The third kappa shape index (κ3) is 4.22. The molecule has 1 aromatic heterocycles. The number of hydrogen-bond donors (Lipinski definition) is 2. The average Bonchev–Trinajstić information content (AvgIpc) is 2.60. The van der Waals surface area contributed by atoms with Crippen LogP contribution in [0.25, 0.3) is 10.8 Å². The Morgan fingerprint density at radius 3 is 2.84 bits per heavy atom. The lowest BCUT2D eigenvalue weighted by molar-refractivity contribution is -0.383. The molecule has 2 aromatic rings. The van der Waals surface area contributed by atoms with Crippen LogP contribution in [0.4, 0.5) is 11.4 Å². The summed E-state index contributed by atoms with van der Waals surface area (Å²) in [4.78, 5) is 16.9. The lowest BCUT2D eigenvalue weighted by atomic mass is 10.0. The van der Waals surface area contributed by atoms with Crippen LogP contribution >= 0.6 is 0 Å². The van der Waals surface area contributed by atoms with Crippen molar-refractivity contribution in [3.63, 3.8) is 0 Å². The summed E-state index contributed by atoms with van der Waals surface area (Å²) in [6.07, 6.45) is 3.09. The highest BCUT2D eigenvalue weighted by Crippen LogP contribution is 2.30. The predicted octanol–water partition coefficient (Wildman–Crippen LogP) is 1.64. The summed E-state index contributed by atoms with van der Waals surface area (Å²) in [6.45, 7) is 5.64. The molecule has 0 amide bonds. The zero-order chi connectivity index (χ0) is 17.9. The second kappa shape index (κ2) is 7.30. The molecular weight excluding hydrogens is 324 g/mol. The molecule has 2 N–H and O–H groups in total. The van der Waals surface area contributed by atoms with Crippen molar-refractivity contribution in [1.29, 1.82) is 0 Å². The standard InChI is InChI=1S/C17H22N4O4/c1-17(22,12-20-6-8-25-9-7-20)11-19-15-2-3-16(21(23)24)14-10-18-5-4-13(14)15/h2-5,10,19,22H,6-9,11-12H2,1H3. The van der Waals surface area contributed by atoms with Crippen LogP contribution < -0.4 is 5.32 Å². The second-order valence-corrected chi connectivity index (χ2v) is 6.55. The maximum atomic E-state index is 11.2. The molecule has 1 aliphatic rings. The van der Waals surface area contributed by atoms with E-state index in [1.165, 1.54) is 12.3 Å². The van der Waals surface area contributed by atoms with Crippen molar-refractivity contribution in [2.24, 2.45) is 0 Å². The highest BCUT2D eigenvalue weighted by molar-refractivity contribution is 5.99. The van der Waals surface area contributed by atoms with E-state index in [9.17, 15) is 15.2 Å². The molecule has 3 rings (SSSR count). The fourth-order valence-electron chi connectivity index (χ4n) is 3.07. The van der Waals surface area contributed by atoms with Crippen LogP contribution in [0.5, 0.6) is 0 Å². The third-order valence-corrected chi connectivity index (χ3v) is 4.32. The number of aromatic nitrogens is 1. The van der Waals surface area contributed by atoms with Gasteiger partial charge in [0, 0.05) is 55.7 Å². The third-order valence-electron chi connectivity index (χ3n) is 4.32.